The van der Waals surface area contributed by atoms with Gasteiger partial charge in [-0.15, -0.1) is 0 Å². The smallest absolute Gasteiger partial charge is 0.409 e. The van der Waals surface area contributed by atoms with E-state index in [9.17, 15) is 9.59 Å². The summed E-state index contributed by atoms with van der Waals surface area (Å²) < 4.78 is 10.9. The molecule has 182 valence electrons. The molecule has 0 bridgehead atoms. The second-order valence-corrected chi connectivity index (χ2v) is 8.61. The van der Waals surface area contributed by atoms with E-state index in [1.165, 1.54) is 0 Å². The standard InChI is InChI=1S/C24H32N6O4/c1-28(22(31)13-25)16-18-4-2-5-19(12-18)20-14-26-23(27-15-20)29-7-9-30(10-8-29)24(32)34-17-21-6-3-11-33-21/h2,4-5,12,14-15,21H,3,6-11,13,16-17,25H2,1H3. The summed E-state index contributed by atoms with van der Waals surface area (Å²) in [5.74, 6) is 0.537. The fourth-order valence-corrected chi connectivity index (χ4v) is 4.12. The number of likely N-dealkylation sites (N-methyl/N-ethyl adjacent to an activating group) is 1. The largest absolute Gasteiger partial charge is 0.447 e. The summed E-state index contributed by atoms with van der Waals surface area (Å²) in [5, 5.41) is 0. The van der Waals surface area contributed by atoms with Crippen molar-refractivity contribution in [2.45, 2.75) is 25.5 Å². The van der Waals surface area contributed by atoms with E-state index < -0.39 is 0 Å². The van der Waals surface area contributed by atoms with Gasteiger partial charge in [0.2, 0.25) is 11.9 Å². The van der Waals surface area contributed by atoms with Gasteiger partial charge in [-0.25, -0.2) is 14.8 Å². The Labute approximate surface area is 199 Å². The third-order valence-corrected chi connectivity index (χ3v) is 6.16. The number of benzene rings is 1. The van der Waals surface area contributed by atoms with E-state index in [1.807, 2.05) is 24.3 Å². The van der Waals surface area contributed by atoms with Crippen molar-refractivity contribution in [1.82, 2.24) is 19.8 Å². The van der Waals surface area contributed by atoms with Gasteiger partial charge in [0.15, 0.2) is 0 Å². The number of nitrogens with two attached hydrogens (primary N) is 1. The first-order valence-electron chi connectivity index (χ1n) is 11.7. The zero-order valence-electron chi connectivity index (χ0n) is 19.6. The Morgan fingerprint density at radius 1 is 1.18 bits per heavy atom. The average Bonchev–Trinajstić information content (AvgIpc) is 3.41. The second-order valence-electron chi connectivity index (χ2n) is 8.61. The molecule has 34 heavy (non-hydrogen) atoms. The van der Waals surface area contributed by atoms with Crippen molar-refractivity contribution in [2.24, 2.45) is 5.73 Å². The molecule has 2 saturated heterocycles. The minimum atomic E-state index is -0.287. The van der Waals surface area contributed by atoms with Gasteiger partial charge in [-0.2, -0.15) is 0 Å². The van der Waals surface area contributed by atoms with Crippen LogP contribution in [-0.4, -0.2) is 90.9 Å². The fourth-order valence-electron chi connectivity index (χ4n) is 4.12. The lowest BCUT2D eigenvalue weighted by atomic mass is 10.1. The first kappa shape index (κ1) is 23.9. The number of anilines is 1. The minimum Gasteiger partial charge on any atom is -0.447 e. The van der Waals surface area contributed by atoms with Crippen LogP contribution in [-0.2, 0) is 20.8 Å². The van der Waals surface area contributed by atoms with Crippen LogP contribution < -0.4 is 10.6 Å². The van der Waals surface area contributed by atoms with E-state index in [1.54, 1.807) is 29.2 Å². The van der Waals surface area contributed by atoms with Crippen LogP contribution >= 0.6 is 0 Å². The highest BCUT2D eigenvalue weighted by molar-refractivity contribution is 5.77. The van der Waals surface area contributed by atoms with Crippen LogP contribution in [0.1, 0.15) is 18.4 Å². The predicted molar refractivity (Wildman–Crippen MR) is 127 cm³/mol. The molecule has 1 unspecified atom stereocenters. The van der Waals surface area contributed by atoms with Crippen LogP contribution in [0.25, 0.3) is 11.1 Å². The maximum Gasteiger partial charge on any atom is 0.409 e. The fraction of sp³-hybridized carbons (Fsp3) is 0.500. The Balaban J connectivity index is 1.30. The van der Waals surface area contributed by atoms with E-state index in [4.69, 9.17) is 15.2 Å². The summed E-state index contributed by atoms with van der Waals surface area (Å²) in [4.78, 5) is 38.6. The van der Waals surface area contributed by atoms with E-state index in [0.717, 1.165) is 36.1 Å². The number of nitrogens with zero attached hydrogens (tertiary/aromatic N) is 5. The predicted octanol–water partition coefficient (Wildman–Crippen LogP) is 1.50. The van der Waals surface area contributed by atoms with E-state index in [0.29, 0.717) is 45.3 Å². The summed E-state index contributed by atoms with van der Waals surface area (Å²) in [7, 11) is 1.74. The van der Waals surface area contributed by atoms with E-state index in [2.05, 4.69) is 14.9 Å². The molecular formula is C24H32N6O4. The van der Waals surface area contributed by atoms with Crippen molar-refractivity contribution in [1.29, 1.82) is 0 Å². The van der Waals surface area contributed by atoms with Gasteiger partial charge in [0.25, 0.3) is 0 Å². The Hall–Kier alpha value is -3.24. The summed E-state index contributed by atoms with van der Waals surface area (Å²) in [6.07, 6.45) is 5.33. The van der Waals surface area contributed by atoms with E-state index in [-0.39, 0.29) is 24.6 Å². The Bertz CT molecular complexity index is 972. The van der Waals surface area contributed by atoms with Gasteiger partial charge in [-0.05, 0) is 30.0 Å². The molecule has 2 aliphatic heterocycles. The van der Waals surface area contributed by atoms with Gasteiger partial charge in [-0.1, -0.05) is 18.2 Å². The maximum atomic E-state index is 12.3. The second kappa shape index (κ2) is 11.3. The molecule has 1 aromatic carbocycles. The zero-order chi connectivity index (χ0) is 23.9. The lowest BCUT2D eigenvalue weighted by Crippen LogP contribution is -2.49. The highest BCUT2D eigenvalue weighted by Gasteiger charge is 2.25. The topological polar surface area (TPSA) is 114 Å². The number of ether oxygens (including phenoxy) is 2. The van der Waals surface area contributed by atoms with Gasteiger partial charge >= 0.3 is 6.09 Å². The molecule has 2 aliphatic rings. The third kappa shape index (κ3) is 6.00. The monoisotopic (exact) mass is 468 g/mol. The highest BCUT2D eigenvalue weighted by atomic mass is 16.6. The number of carbonyl (C=O) groups is 2. The van der Waals surface area contributed by atoms with Crippen molar-refractivity contribution in [3.63, 3.8) is 0 Å². The van der Waals surface area contributed by atoms with Crippen LogP contribution in [0.4, 0.5) is 10.7 Å². The molecule has 3 heterocycles. The van der Waals surface area contributed by atoms with Crippen molar-refractivity contribution >= 4 is 17.9 Å². The molecule has 10 heteroatoms. The zero-order valence-corrected chi connectivity index (χ0v) is 19.6. The number of amides is 2. The van der Waals surface area contributed by atoms with E-state index >= 15 is 0 Å². The molecule has 2 amide bonds. The van der Waals surface area contributed by atoms with Crippen LogP contribution in [0, 0.1) is 0 Å². The van der Waals surface area contributed by atoms with Gasteiger partial charge in [-0.3, -0.25) is 4.79 Å². The lowest BCUT2D eigenvalue weighted by Gasteiger charge is -2.34. The first-order chi connectivity index (χ1) is 16.5. The Morgan fingerprint density at radius 2 is 1.94 bits per heavy atom. The van der Waals surface area contributed by atoms with Crippen molar-refractivity contribution in [3.05, 3.63) is 42.2 Å². The van der Waals surface area contributed by atoms with Crippen LogP contribution in [0.15, 0.2) is 36.7 Å². The van der Waals surface area contributed by atoms with Crippen LogP contribution in [0.5, 0.6) is 0 Å². The van der Waals surface area contributed by atoms with Crippen molar-refractivity contribution in [2.75, 3.05) is 57.9 Å². The molecule has 2 fully saturated rings. The maximum absolute atomic E-state index is 12.3. The van der Waals surface area contributed by atoms with Crippen LogP contribution in [0.3, 0.4) is 0 Å². The molecule has 0 saturated carbocycles. The van der Waals surface area contributed by atoms with Crippen molar-refractivity contribution < 1.29 is 19.1 Å². The summed E-state index contributed by atoms with van der Waals surface area (Å²) in [6, 6.07) is 7.95. The number of piperazine rings is 1. The Morgan fingerprint density at radius 3 is 2.62 bits per heavy atom. The molecule has 4 rings (SSSR count). The van der Waals surface area contributed by atoms with Crippen LogP contribution in [0.2, 0.25) is 0 Å². The summed E-state index contributed by atoms with van der Waals surface area (Å²) in [6.45, 7) is 3.97. The van der Waals surface area contributed by atoms with Crippen molar-refractivity contribution in [3.8, 4) is 11.1 Å². The normalized spacial score (nSPS) is 18.1. The molecule has 2 aromatic rings. The third-order valence-electron chi connectivity index (χ3n) is 6.16. The molecule has 0 aliphatic carbocycles. The van der Waals surface area contributed by atoms with Gasteiger partial charge in [0.05, 0.1) is 12.6 Å². The quantitative estimate of drug-likeness (QED) is 0.650. The molecule has 1 aromatic heterocycles. The number of carbonyl (C=O) groups excluding carboxylic acids is 2. The average molecular weight is 469 g/mol. The van der Waals surface area contributed by atoms with Gasteiger partial charge < -0.3 is 29.9 Å². The molecule has 0 radical (unpaired) electrons. The molecular weight excluding hydrogens is 436 g/mol. The van der Waals surface area contributed by atoms with Gasteiger partial charge in [0.1, 0.15) is 6.61 Å². The lowest BCUT2D eigenvalue weighted by molar-refractivity contribution is -0.128. The number of rotatable bonds is 7. The number of hydrogen-bond donors (Lipinski definition) is 1. The number of aromatic nitrogens is 2. The van der Waals surface area contributed by atoms with Gasteiger partial charge in [0, 0.05) is 64.3 Å². The highest BCUT2D eigenvalue weighted by Crippen LogP contribution is 2.22. The number of hydrogen-bond acceptors (Lipinski definition) is 8. The molecule has 1 atom stereocenters. The molecule has 10 nitrogen and oxygen atoms in total. The summed E-state index contributed by atoms with van der Waals surface area (Å²) in [5.41, 5.74) is 8.33. The minimum absolute atomic E-state index is 0.00361. The Kier molecular flexibility index (Phi) is 7.91. The molecule has 0 spiro atoms. The first-order valence-corrected chi connectivity index (χ1v) is 11.7. The summed E-state index contributed by atoms with van der Waals surface area (Å²) >= 11 is 0. The SMILES string of the molecule is CN(Cc1cccc(-c2cnc(N3CCN(C(=O)OCC4CCCO4)CC3)nc2)c1)C(=O)CN. The molecule has 2 N–H and O–H groups in total.